The summed E-state index contributed by atoms with van der Waals surface area (Å²) in [5, 5.41) is 0. The van der Waals surface area contributed by atoms with Gasteiger partial charge in [0.05, 0.1) is 0 Å². The van der Waals surface area contributed by atoms with Crippen molar-refractivity contribution in [1.82, 2.24) is 9.47 Å². The molecule has 5 heteroatoms. The molecule has 1 spiro atoms. The summed E-state index contributed by atoms with van der Waals surface area (Å²) in [6.45, 7) is 2.94. The number of halogens is 1. The number of fused-ring (bicyclic) bond motifs is 1. The van der Waals surface area contributed by atoms with Crippen LogP contribution >= 0.6 is 15.9 Å². The first-order chi connectivity index (χ1) is 15.1. The molecule has 2 aliphatic heterocycles. The van der Waals surface area contributed by atoms with Gasteiger partial charge in [0.2, 0.25) is 0 Å². The number of likely N-dealkylation sites (tertiary alicyclic amines) is 1. The first-order valence-electron chi connectivity index (χ1n) is 11.1. The van der Waals surface area contributed by atoms with E-state index < -0.39 is 0 Å². The van der Waals surface area contributed by atoms with Crippen molar-refractivity contribution < 1.29 is 9.53 Å². The van der Waals surface area contributed by atoms with Crippen LogP contribution in [0.15, 0.2) is 77.5 Å². The van der Waals surface area contributed by atoms with Crippen LogP contribution in [0.3, 0.4) is 0 Å². The van der Waals surface area contributed by atoms with Gasteiger partial charge in [-0.05, 0) is 43.3 Å². The van der Waals surface area contributed by atoms with E-state index in [4.69, 9.17) is 4.74 Å². The van der Waals surface area contributed by atoms with Crippen molar-refractivity contribution >= 4 is 21.7 Å². The minimum Gasteiger partial charge on any atom is -0.484 e. The summed E-state index contributed by atoms with van der Waals surface area (Å²) in [7, 11) is 0. The Labute approximate surface area is 192 Å². The van der Waals surface area contributed by atoms with Crippen molar-refractivity contribution in [3.8, 4) is 5.75 Å². The van der Waals surface area contributed by atoms with E-state index in [2.05, 4.69) is 68.1 Å². The van der Waals surface area contributed by atoms with Crippen molar-refractivity contribution in [2.75, 3.05) is 19.6 Å². The Morgan fingerprint density at radius 2 is 1.77 bits per heavy atom. The maximum absolute atomic E-state index is 12.4. The number of rotatable bonds is 6. The van der Waals surface area contributed by atoms with E-state index in [0.717, 1.165) is 54.7 Å². The highest BCUT2D eigenvalue weighted by Gasteiger charge is 2.50. The number of benzene rings is 2. The van der Waals surface area contributed by atoms with Crippen molar-refractivity contribution in [1.29, 1.82) is 0 Å². The molecule has 160 valence electrons. The Balaban J connectivity index is 1.23. The summed E-state index contributed by atoms with van der Waals surface area (Å²) < 4.78 is 10.0. The van der Waals surface area contributed by atoms with Gasteiger partial charge in [0.25, 0.3) is 0 Å². The first-order valence-corrected chi connectivity index (χ1v) is 11.9. The maximum atomic E-state index is 12.4. The lowest BCUT2D eigenvalue weighted by atomic mass is 9.82. The summed E-state index contributed by atoms with van der Waals surface area (Å²) in [5.74, 6) is 1.24. The average molecular weight is 479 g/mol. The van der Waals surface area contributed by atoms with Crippen LogP contribution in [0.2, 0.25) is 0 Å². The molecule has 3 heterocycles. The van der Waals surface area contributed by atoms with Crippen molar-refractivity contribution in [2.45, 2.75) is 37.3 Å². The number of carbonyl (C=O) groups excluding carboxylic acids is 1. The maximum Gasteiger partial charge on any atom is 0.162 e. The third-order valence-corrected chi connectivity index (χ3v) is 7.17. The van der Waals surface area contributed by atoms with Crippen LogP contribution in [-0.4, -0.2) is 40.5 Å². The smallest absolute Gasteiger partial charge is 0.162 e. The van der Waals surface area contributed by atoms with E-state index >= 15 is 0 Å². The number of Topliss-reactive ketones (excluding diaryl/α,β-unsaturated/α-hetero) is 1. The fourth-order valence-electron chi connectivity index (χ4n) is 5.10. The van der Waals surface area contributed by atoms with Gasteiger partial charge in [0, 0.05) is 60.3 Å². The topological polar surface area (TPSA) is 34.5 Å². The molecule has 0 saturated carbocycles. The van der Waals surface area contributed by atoms with E-state index in [-0.39, 0.29) is 17.4 Å². The Hall–Kier alpha value is -2.37. The Morgan fingerprint density at radius 3 is 2.52 bits per heavy atom. The number of aromatic nitrogens is 1. The molecule has 0 bridgehead atoms. The zero-order valence-corrected chi connectivity index (χ0v) is 19.1. The SMILES string of the molecule is O=C(CCCN1CCC2(CC1)Oc1ccc(Br)cc1C2n1cccc1)c1ccccc1. The normalized spacial score (nSPS) is 19.8. The van der Waals surface area contributed by atoms with Gasteiger partial charge in [-0.1, -0.05) is 46.3 Å². The minimum atomic E-state index is -0.210. The summed E-state index contributed by atoms with van der Waals surface area (Å²) in [6.07, 6.45) is 7.76. The summed E-state index contributed by atoms with van der Waals surface area (Å²) in [4.78, 5) is 14.9. The van der Waals surface area contributed by atoms with Gasteiger partial charge in [0.15, 0.2) is 5.78 Å². The van der Waals surface area contributed by atoms with Gasteiger partial charge in [0.1, 0.15) is 17.4 Å². The number of hydrogen-bond acceptors (Lipinski definition) is 3. The van der Waals surface area contributed by atoms with Gasteiger partial charge in [-0.3, -0.25) is 4.79 Å². The number of ether oxygens (including phenoxy) is 1. The van der Waals surface area contributed by atoms with Crippen molar-refractivity contribution in [2.24, 2.45) is 0 Å². The molecule has 2 aromatic carbocycles. The highest BCUT2D eigenvalue weighted by atomic mass is 79.9. The zero-order valence-electron chi connectivity index (χ0n) is 17.5. The molecular weight excluding hydrogens is 452 g/mol. The quantitative estimate of drug-likeness (QED) is 0.424. The fourth-order valence-corrected chi connectivity index (χ4v) is 5.48. The Bertz CT molecular complexity index is 1040. The van der Waals surface area contributed by atoms with E-state index in [1.54, 1.807) is 0 Å². The largest absolute Gasteiger partial charge is 0.484 e. The second-order valence-corrected chi connectivity index (χ2v) is 9.53. The number of ketones is 1. The summed E-state index contributed by atoms with van der Waals surface area (Å²) in [6, 6.07) is 20.3. The highest BCUT2D eigenvalue weighted by molar-refractivity contribution is 9.10. The van der Waals surface area contributed by atoms with Crippen LogP contribution in [0.4, 0.5) is 0 Å². The number of hydrogen-bond donors (Lipinski definition) is 0. The molecule has 2 aliphatic rings. The van der Waals surface area contributed by atoms with Crippen LogP contribution in [0.25, 0.3) is 0 Å². The molecule has 0 aliphatic carbocycles. The monoisotopic (exact) mass is 478 g/mol. The second-order valence-electron chi connectivity index (χ2n) is 8.62. The third kappa shape index (κ3) is 4.09. The average Bonchev–Trinajstić information content (AvgIpc) is 3.41. The lowest BCUT2D eigenvalue weighted by molar-refractivity contribution is -0.00718. The predicted molar refractivity (Wildman–Crippen MR) is 126 cm³/mol. The summed E-state index contributed by atoms with van der Waals surface area (Å²) >= 11 is 3.63. The van der Waals surface area contributed by atoms with Crippen LogP contribution in [0.1, 0.15) is 47.6 Å². The Morgan fingerprint density at radius 1 is 1.03 bits per heavy atom. The lowest BCUT2D eigenvalue weighted by Gasteiger charge is -2.42. The number of piperidine rings is 1. The van der Waals surface area contributed by atoms with E-state index in [9.17, 15) is 4.79 Å². The van der Waals surface area contributed by atoms with Crippen molar-refractivity contribution in [3.63, 3.8) is 0 Å². The van der Waals surface area contributed by atoms with E-state index in [1.807, 2.05) is 30.3 Å². The molecule has 0 N–H and O–H groups in total. The molecular formula is C26H27BrN2O2. The standard InChI is InChI=1S/C26H27BrN2O2/c27-21-10-11-24-22(19-21)25(29-15-4-5-16-29)26(31-24)12-17-28(18-13-26)14-6-9-23(30)20-7-2-1-3-8-20/h1-5,7-8,10-11,15-16,19,25H,6,9,12-14,17-18H2. The highest BCUT2D eigenvalue weighted by Crippen LogP contribution is 2.51. The molecule has 0 radical (unpaired) electrons. The summed E-state index contributed by atoms with van der Waals surface area (Å²) in [5.41, 5.74) is 1.86. The minimum absolute atomic E-state index is 0.191. The van der Waals surface area contributed by atoms with Crippen molar-refractivity contribution in [3.05, 3.63) is 88.7 Å². The molecule has 4 nitrogen and oxygen atoms in total. The second kappa shape index (κ2) is 8.64. The van der Waals surface area contributed by atoms with Gasteiger partial charge in [-0.15, -0.1) is 0 Å². The van der Waals surface area contributed by atoms with Crippen LogP contribution < -0.4 is 4.74 Å². The molecule has 1 unspecified atom stereocenters. The third-order valence-electron chi connectivity index (χ3n) is 6.68. The molecule has 3 aromatic rings. The fraction of sp³-hybridized carbons (Fsp3) is 0.346. The molecule has 1 aromatic heterocycles. The molecule has 1 saturated heterocycles. The lowest BCUT2D eigenvalue weighted by Crippen LogP contribution is -2.50. The molecule has 5 rings (SSSR count). The van der Waals surface area contributed by atoms with Gasteiger partial charge in [-0.25, -0.2) is 0 Å². The van der Waals surface area contributed by atoms with E-state index in [0.29, 0.717) is 6.42 Å². The van der Waals surface area contributed by atoms with Crippen LogP contribution in [-0.2, 0) is 0 Å². The molecule has 31 heavy (non-hydrogen) atoms. The van der Waals surface area contributed by atoms with Gasteiger partial charge < -0.3 is 14.2 Å². The first kappa shape index (κ1) is 20.5. The predicted octanol–water partition coefficient (Wildman–Crippen LogP) is 5.73. The van der Waals surface area contributed by atoms with E-state index in [1.165, 1.54) is 5.56 Å². The van der Waals surface area contributed by atoms with Crippen LogP contribution in [0.5, 0.6) is 5.75 Å². The molecule has 1 fully saturated rings. The van der Waals surface area contributed by atoms with Gasteiger partial charge in [-0.2, -0.15) is 0 Å². The molecule has 1 atom stereocenters. The number of carbonyl (C=O) groups is 1. The van der Waals surface area contributed by atoms with Gasteiger partial charge >= 0.3 is 0 Å². The molecule has 0 amide bonds. The van der Waals surface area contributed by atoms with Crippen LogP contribution in [0, 0.1) is 0 Å². The Kier molecular flexibility index (Phi) is 5.72. The zero-order chi connectivity index (χ0) is 21.3. The number of nitrogens with zero attached hydrogens (tertiary/aromatic N) is 2.